The SMILES string of the molecule is C[C@H](NC(=O)NNC(=O)Cc1ccc(F)cc1)c1ccc(Br)cc1. The standard InChI is InChI=1S/C17H17BrFN3O2/c1-11(13-4-6-14(18)7-5-13)20-17(24)22-21-16(23)10-12-2-8-15(19)9-3-12/h2-9,11H,10H2,1H3,(H,21,23)(H2,20,22,24)/t11-/m0/s1. The summed E-state index contributed by atoms with van der Waals surface area (Å²) in [4.78, 5) is 23.5. The fourth-order valence-corrected chi connectivity index (χ4v) is 2.29. The third-order valence-electron chi connectivity index (χ3n) is 3.31. The van der Waals surface area contributed by atoms with Gasteiger partial charge in [0, 0.05) is 4.47 Å². The number of amides is 3. The van der Waals surface area contributed by atoms with Crippen molar-refractivity contribution in [1.82, 2.24) is 16.2 Å². The van der Waals surface area contributed by atoms with Gasteiger partial charge in [-0.15, -0.1) is 0 Å². The van der Waals surface area contributed by atoms with Gasteiger partial charge in [0.25, 0.3) is 0 Å². The van der Waals surface area contributed by atoms with Crippen LogP contribution in [-0.2, 0) is 11.2 Å². The summed E-state index contributed by atoms with van der Waals surface area (Å²) >= 11 is 3.35. The Kier molecular flexibility index (Phi) is 6.31. The lowest BCUT2D eigenvalue weighted by atomic mass is 10.1. The van der Waals surface area contributed by atoms with E-state index in [9.17, 15) is 14.0 Å². The van der Waals surface area contributed by atoms with Gasteiger partial charge in [0.1, 0.15) is 5.82 Å². The molecule has 0 radical (unpaired) electrons. The molecule has 3 amide bonds. The minimum absolute atomic E-state index is 0.0445. The number of halogens is 2. The third kappa shape index (κ3) is 5.66. The molecule has 0 bridgehead atoms. The average molecular weight is 394 g/mol. The van der Waals surface area contributed by atoms with Gasteiger partial charge < -0.3 is 5.32 Å². The second-order valence-corrected chi connectivity index (χ2v) is 6.14. The van der Waals surface area contributed by atoms with E-state index in [1.807, 2.05) is 31.2 Å². The van der Waals surface area contributed by atoms with Crippen LogP contribution in [0.2, 0.25) is 0 Å². The summed E-state index contributed by atoms with van der Waals surface area (Å²) in [5, 5.41) is 2.71. The molecule has 2 aromatic carbocycles. The first kappa shape index (κ1) is 17.9. The van der Waals surface area contributed by atoms with Crippen molar-refractivity contribution in [2.45, 2.75) is 19.4 Å². The van der Waals surface area contributed by atoms with Crippen molar-refractivity contribution in [2.24, 2.45) is 0 Å². The van der Waals surface area contributed by atoms with E-state index in [0.717, 1.165) is 10.0 Å². The summed E-state index contributed by atoms with van der Waals surface area (Å²) < 4.78 is 13.7. The van der Waals surface area contributed by atoms with Crippen LogP contribution in [0.5, 0.6) is 0 Å². The number of benzene rings is 2. The number of urea groups is 1. The molecule has 0 saturated heterocycles. The second-order valence-electron chi connectivity index (χ2n) is 5.22. The van der Waals surface area contributed by atoms with Crippen LogP contribution >= 0.6 is 15.9 Å². The number of hydrogen-bond donors (Lipinski definition) is 3. The maximum absolute atomic E-state index is 12.8. The molecular weight excluding hydrogens is 377 g/mol. The maximum Gasteiger partial charge on any atom is 0.333 e. The van der Waals surface area contributed by atoms with Crippen LogP contribution in [0.3, 0.4) is 0 Å². The van der Waals surface area contributed by atoms with E-state index < -0.39 is 11.9 Å². The number of rotatable bonds is 4. The van der Waals surface area contributed by atoms with Gasteiger partial charge in [-0.3, -0.25) is 10.2 Å². The highest BCUT2D eigenvalue weighted by molar-refractivity contribution is 9.10. The van der Waals surface area contributed by atoms with Gasteiger partial charge in [-0.2, -0.15) is 0 Å². The topological polar surface area (TPSA) is 70.2 Å². The third-order valence-corrected chi connectivity index (χ3v) is 3.84. The first-order valence-corrected chi connectivity index (χ1v) is 8.08. The lowest BCUT2D eigenvalue weighted by Gasteiger charge is -2.15. The van der Waals surface area contributed by atoms with Crippen molar-refractivity contribution in [3.63, 3.8) is 0 Å². The van der Waals surface area contributed by atoms with E-state index in [-0.39, 0.29) is 18.3 Å². The van der Waals surface area contributed by atoms with Crippen molar-refractivity contribution >= 4 is 27.9 Å². The summed E-state index contributed by atoms with van der Waals surface area (Å²) in [7, 11) is 0. The van der Waals surface area contributed by atoms with Crippen LogP contribution in [0.15, 0.2) is 53.0 Å². The van der Waals surface area contributed by atoms with Gasteiger partial charge in [0.2, 0.25) is 5.91 Å². The zero-order valence-electron chi connectivity index (χ0n) is 13.0. The summed E-state index contributed by atoms with van der Waals surface area (Å²) in [5.41, 5.74) is 6.19. The van der Waals surface area contributed by atoms with E-state index in [2.05, 4.69) is 32.1 Å². The number of carbonyl (C=O) groups is 2. The van der Waals surface area contributed by atoms with E-state index in [0.29, 0.717) is 5.56 Å². The Labute approximate surface area is 147 Å². The highest BCUT2D eigenvalue weighted by Crippen LogP contribution is 2.16. The zero-order valence-corrected chi connectivity index (χ0v) is 14.6. The fraction of sp³-hybridized carbons (Fsp3) is 0.176. The molecular formula is C17H17BrFN3O2. The molecule has 7 heteroatoms. The Morgan fingerprint density at radius 3 is 2.29 bits per heavy atom. The van der Waals surface area contributed by atoms with Crippen molar-refractivity contribution in [3.05, 3.63) is 69.9 Å². The van der Waals surface area contributed by atoms with E-state index >= 15 is 0 Å². The molecule has 0 saturated carbocycles. The number of hydrazine groups is 1. The molecule has 0 unspecified atom stereocenters. The van der Waals surface area contributed by atoms with Gasteiger partial charge >= 0.3 is 6.03 Å². The molecule has 126 valence electrons. The number of hydrogen-bond acceptors (Lipinski definition) is 2. The molecule has 0 aliphatic rings. The van der Waals surface area contributed by atoms with E-state index in [1.54, 1.807) is 0 Å². The molecule has 5 nitrogen and oxygen atoms in total. The highest BCUT2D eigenvalue weighted by atomic mass is 79.9. The normalized spacial score (nSPS) is 11.5. The predicted molar refractivity (Wildman–Crippen MR) is 92.5 cm³/mol. The minimum atomic E-state index is -0.516. The monoisotopic (exact) mass is 393 g/mol. The molecule has 0 heterocycles. The average Bonchev–Trinajstić information content (AvgIpc) is 2.55. The van der Waals surface area contributed by atoms with E-state index in [4.69, 9.17) is 0 Å². The molecule has 3 N–H and O–H groups in total. The Morgan fingerprint density at radius 1 is 1.04 bits per heavy atom. The largest absolute Gasteiger partial charge is 0.333 e. The molecule has 0 aromatic heterocycles. The van der Waals surface area contributed by atoms with Crippen LogP contribution < -0.4 is 16.2 Å². The first-order chi connectivity index (χ1) is 11.4. The minimum Gasteiger partial charge on any atom is -0.330 e. The van der Waals surface area contributed by atoms with Crippen LogP contribution in [0.1, 0.15) is 24.1 Å². The summed E-state index contributed by atoms with van der Waals surface area (Å²) in [6.45, 7) is 1.84. The van der Waals surface area contributed by atoms with Crippen LogP contribution in [0.4, 0.5) is 9.18 Å². The molecule has 2 rings (SSSR count). The molecule has 0 spiro atoms. The smallest absolute Gasteiger partial charge is 0.330 e. The number of nitrogens with one attached hydrogen (secondary N) is 3. The zero-order chi connectivity index (χ0) is 17.5. The van der Waals surface area contributed by atoms with Gasteiger partial charge in [-0.1, -0.05) is 40.2 Å². The van der Waals surface area contributed by atoms with Crippen LogP contribution in [0.25, 0.3) is 0 Å². The molecule has 24 heavy (non-hydrogen) atoms. The molecule has 2 aromatic rings. The van der Waals surface area contributed by atoms with Gasteiger partial charge in [0.15, 0.2) is 0 Å². The van der Waals surface area contributed by atoms with Crippen molar-refractivity contribution in [2.75, 3.05) is 0 Å². The molecule has 0 aliphatic carbocycles. The Morgan fingerprint density at radius 2 is 1.67 bits per heavy atom. The van der Waals surface area contributed by atoms with Crippen molar-refractivity contribution in [3.8, 4) is 0 Å². The van der Waals surface area contributed by atoms with E-state index in [1.165, 1.54) is 24.3 Å². The lowest BCUT2D eigenvalue weighted by Crippen LogP contribution is -2.47. The van der Waals surface area contributed by atoms with Crippen LogP contribution in [0, 0.1) is 5.82 Å². The summed E-state index contributed by atoms with van der Waals surface area (Å²) in [6, 6.07) is 12.4. The second kappa shape index (κ2) is 8.44. The first-order valence-electron chi connectivity index (χ1n) is 7.29. The predicted octanol–water partition coefficient (Wildman–Crippen LogP) is 3.22. The van der Waals surface area contributed by atoms with Gasteiger partial charge in [-0.25, -0.2) is 14.6 Å². The summed E-state index contributed by atoms with van der Waals surface area (Å²) in [5.74, 6) is -0.758. The van der Waals surface area contributed by atoms with Crippen molar-refractivity contribution in [1.29, 1.82) is 0 Å². The quantitative estimate of drug-likeness (QED) is 0.697. The molecule has 0 aliphatic heterocycles. The van der Waals surface area contributed by atoms with Crippen LogP contribution in [-0.4, -0.2) is 11.9 Å². The Bertz CT molecular complexity index is 705. The molecule has 0 fully saturated rings. The van der Waals surface area contributed by atoms with Crippen molar-refractivity contribution < 1.29 is 14.0 Å². The fourth-order valence-electron chi connectivity index (χ4n) is 2.03. The number of carbonyl (C=O) groups excluding carboxylic acids is 2. The summed E-state index contributed by atoms with van der Waals surface area (Å²) in [6.07, 6.45) is 0.0445. The van der Waals surface area contributed by atoms with Gasteiger partial charge in [0.05, 0.1) is 12.5 Å². The maximum atomic E-state index is 12.8. The lowest BCUT2D eigenvalue weighted by molar-refractivity contribution is -0.121. The Balaban J connectivity index is 1.76. The molecule has 1 atom stereocenters. The highest BCUT2D eigenvalue weighted by Gasteiger charge is 2.10. The van der Waals surface area contributed by atoms with Gasteiger partial charge in [-0.05, 0) is 42.3 Å². The Hall–Kier alpha value is -2.41.